The van der Waals surface area contributed by atoms with Crippen molar-refractivity contribution < 1.29 is 4.74 Å². The fraction of sp³-hybridized carbons (Fsp3) is 0.545. The van der Waals surface area contributed by atoms with Crippen LogP contribution in [0.2, 0.25) is 5.15 Å². The molecule has 2 nitrogen and oxygen atoms in total. The quantitative estimate of drug-likeness (QED) is 0.551. The van der Waals surface area contributed by atoms with E-state index in [0.29, 0.717) is 5.15 Å². The molecule has 0 saturated carbocycles. The van der Waals surface area contributed by atoms with E-state index < -0.39 is 0 Å². The minimum absolute atomic E-state index is 0.500. The van der Waals surface area contributed by atoms with E-state index in [1.807, 2.05) is 6.07 Å². The van der Waals surface area contributed by atoms with Crippen LogP contribution in [0.1, 0.15) is 26.7 Å². The molecule has 0 fully saturated rings. The number of nitrogens with zero attached hydrogens (tertiary/aromatic N) is 1. The predicted molar refractivity (Wildman–Crippen MR) is 58.8 cm³/mol. The van der Waals surface area contributed by atoms with Crippen LogP contribution in [0.15, 0.2) is 18.3 Å². The summed E-state index contributed by atoms with van der Waals surface area (Å²) in [6, 6.07) is 3.57. The van der Waals surface area contributed by atoms with Crippen molar-refractivity contribution in [3.63, 3.8) is 0 Å². The van der Waals surface area contributed by atoms with Crippen LogP contribution < -0.4 is 4.74 Å². The van der Waals surface area contributed by atoms with Gasteiger partial charge < -0.3 is 4.74 Å². The van der Waals surface area contributed by atoms with Crippen molar-refractivity contribution in [3.8, 4) is 5.75 Å². The molecule has 1 heterocycles. The van der Waals surface area contributed by atoms with Crippen molar-refractivity contribution in [2.45, 2.75) is 26.7 Å². The van der Waals surface area contributed by atoms with Crippen LogP contribution >= 0.6 is 11.6 Å². The van der Waals surface area contributed by atoms with Crippen LogP contribution in [0.25, 0.3) is 0 Å². The van der Waals surface area contributed by atoms with Gasteiger partial charge >= 0.3 is 0 Å². The maximum absolute atomic E-state index is 5.65. The Labute approximate surface area is 90.3 Å². The van der Waals surface area contributed by atoms with Crippen molar-refractivity contribution in [2.75, 3.05) is 6.61 Å². The molecule has 14 heavy (non-hydrogen) atoms. The molecule has 0 aliphatic rings. The molecular weight excluding hydrogens is 198 g/mol. The van der Waals surface area contributed by atoms with E-state index in [1.165, 1.54) is 6.42 Å². The molecule has 0 radical (unpaired) electrons. The second-order valence-corrected chi connectivity index (χ2v) is 4.09. The lowest BCUT2D eigenvalue weighted by Crippen LogP contribution is -1.99. The average Bonchev–Trinajstić information content (AvgIpc) is 2.15. The van der Waals surface area contributed by atoms with Gasteiger partial charge in [0.05, 0.1) is 12.8 Å². The number of hydrogen-bond donors (Lipinski definition) is 0. The maximum Gasteiger partial charge on any atom is 0.137 e. The van der Waals surface area contributed by atoms with Crippen LogP contribution in [0.4, 0.5) is 0 Å². The largest absolute Gasteiger partial charge is 0.492 e. The van der Waals surface area contributed by atoms with Gasteiger partial charge in [-0.15, -0.1) is 0 Å². The summed E-state index contributed by atoms with van der Waals surface area (Å²) >= 11 is 5.65. The third-order valence-electron chi connectivity index (χ3n) is 1.89. The molecule has 3 heteroatoms. The summed E-state index contributed by atoms with van der Waals surface area (Å²) in [7, 11) is 0. The predicted octanol–water partition coefficient (Wildman–Crippen LogP) is 3.55. The number of halogens is 1. The highest BCUT2D eigenvalue weighted by Crippen LogP contribution is 2.13. The molecule has 0 spiro atoms. The first-order valence-electron chi connectivity index (χ1n) is 4.93. The Bertz CT molecular complexity index is 258. The molecule has 0 atom stereocenters. The second kappa shape index (κ2) is 5.86. The molecule has 0 aliphatic carbocycles. The molecule has 1 aromatic heterocycles. The first-order valence-corrected chi connectivity index (χ1v) is 5.30. The molecule has 1 rings (SSSR count). The van der Waals surface area contributed by atoms with E-state index in [-0.39, 0.29) is 0 Å². The van der Waals surface area contributed by atoms with Crippen LogP contribution in [0.5, 0.6) is 5.75 Å². The molecular formula is C11H16ClNO. The Morgan fingerprint density at radius 1 is 1.43 bits per heavy atom. The number of aromatic nitrogens is 1. The Morgan fingerprint density at radius 3 is 2.79 bits per heavy atom. The highest BCUT2D eigenvalue weighted by molar-refractivity contribution is 6.29. The summed E-state index contributed by atoms with van der Waals surface area (Å²) in [5.41, 5.74) is 0. The van der Waals surface area contributed by atoms with E-state index in [2.05, 4.69) is 18.8 Å². The number of hydrogen-bond acceptors (Lipinski definition) is 2. The van der Waals surface area contributed by atoms with Gasteiger partial charge in [0.25, 0.3) is 0 Å². The molecule has 0 amide bonds. The molecule has 0 aliphatic heterocycles. The Balaban J connectivity index is 2.21. The smallest absolute Gasteiger partial charge is 0.137 e. The zero-order chi connectivity index (χ0) is 10.4. The standard InChI is InChI=1S/C11H16ClNO/c1-9(2)4-3-7-14-10-5-6-11(12)13-8-10/h5-6,8-9H,3-4,7H2,1-2H3. The Kier molecular flexibility index (Phi) is 4.74. The van der Waals surface area contributed by atoms with Gasteiger partial charge in [0.1, 0.15) is 10.9 Å². The summed E-state index contributed by atoms with van der Waals surface area (Å²) in [5.74, 6) is 1.53. The van der Waals surface area contributed by atoms with E-state index in [9.17, 15) is 0 Å². The van der Waals surface area contributed by atoms with Gasteiger partial charge in [0, 0.05) is 0 Å². The van der Waals surface area contributed by atoms with E-state index in [0.717, 1.165) is 24.7 Å². The molecule has 78 valence electrons. The van der Waals surface area contributed by atoms with Crippen LogP contribution in [0.3, 0.4) is 0 Å². The zero-order valence-corrected chi connectivity index (χ0v) is 9.42. The molecule has 0 aromatic carbocycles. The summed E-state index contributed by atoms with van der Waals surface area (Å²) in [6.07, 6.45) is 3.93. The van der Waals surface area contributed by atoms with E-state index in [1.54, 1.807) is 12.3 Å². The van der Waals surface area contributed by atoms with Crippen molar-refractivity contribution in [1.82, 2.24) is 4.98 Å². The fourth-order valence-electron chi connectivity index (χ4n) is 1.13. The second-order valence-electron chi connectivity index (χ2n) is 3.70. The average molecular weight is 214 g/mol. The van der Waals surface area contributed by atoms with Gasteiger partial charge in [-0.3, -0.25) is 0 Å². The van der Waals surface area contributed by atoms with Gasteiger partial charge in [0.2, 0.25) is 0 Å². The highest BCUT2D eigenvalue weighted by Gasteiger charge is 1.96. The SMILES string of the molecule is CC(C)CCCOc1ccc(Cl)nc1. The lowest BCUT2D eigenvalue weighted by Gasteiger charge is -2.06. The lowest BCUT2D eigenvalue weighted by molar-refractivity contribution is 0.296. The monoisotopic (exact) mass is 213 g/mol. The summed E-state index contributed by atoms with van der Waals surface area (Å²) in [4.78, 5) is 3.93. The topological polar surface area (TPSA) is 22.1 Å². The minimum Gasteiger partial charge on any atom is -0.492 e. The Morgan fingerprint density at radius 2 is 2.21 bits per heavy atom. The van der Waals surface area contributed by atoms with Gasteiger partial charge in [-0.1, -0.05) is 25.4 Å². The third kappa shape index (κ3) is 4.47. The third-order valence-corrected chi connectivity index (χ3v) is 2.12. The molecule has 0 saturated heterocycles. The summed E-state index contributed by atoms with van der Waals surface area (Å²) in [5, 5.41) is 0.500. The summed E-state index contributed by atoms with van der Waals surface area (Å²) in [6.45, 7) is 5.18. The van der Waals surface area contributed by atoms with Gasteiger partial charge in [-0.05, 0) is 30.9 Å². The minimum atomic E-state index is 0.500. The molecule has 0 bridgehead atoms. The van der Waals surface area contributed by atoms with Crippen molar-refractivity contribution in [1.29, 1.82) is 0 Å². The first-order chi connectivity index (χ1) is 6.68. The van der Waals surface area contributed by atoms with Crippen LogP contribution in [-0.2, 0) is 0 Å². The highest BCUT2D eigenvalue weighted by atomic mass is 35.5. The molecule has 0 unspecified atom stereocenters. The van der Waals surface area contributed by atoms with Gasteiger partial charge in [-0.25, -0.2) is 4.98 Å². The number of rotatable bonds is 5. The van der Waals surface area contributed by atoms with Crippen molar-refractivity contribution in [2.24, 2.45) is 5.92 Å². The number of ether oxygens (including phenoxy) is 1. The fourth-order valence-corrected chi connectivity index (χ4v) is 1.24. The van der Waals surface area contributed by atoms with Crippen molar-refractivity contribution in [3.05, 3.63) is 23.5 Å². The molecule has 0 N–H and O–H groups in total. The lowest BCUT2D eigenvalue weighted by atomic mass is 10.1. The van der Waals surface area contributed by atoms with Gasteiger partial charge in [0.15, 0.2) is 0 Å². The summed E-state index contributed by atoms with van der Waals surface area (Å²) < 4.78 is 5.49. The number of pyridine rings is 1. The van der Waals surface area contributed by atoms with Crippen LogP contribution in [-0.4, -0.2) is 11.6 Å². The van der Waals surface area contributed by atoms with E-state index >= 15 is 0 Å². The molecule has 1 aromatic rings. The maximum atomic E-state index is 5.65. The van der Waals surface area contributed by atoms with E-state index in [4.69, 9.17) is 16.3 Å². The normalized spacial score (nSPS) is 10.6. The van der Waals surface area contributed by atoms with Crippen LogP contribution in [0, 0.1) is 5.92 Å². The Hall–Kier alpha value is -0.760. The zero-order valence-electron chi connectivity index (χ0n) is 8.66. The first kappa shape index (κ1) is 11.3. The van der Waals surface area contributed by atoms with Gasteiger partial charge in [-0.2, -0.15) is 0 Å². The van der Waals surface area contributed by atoms with Crippen molar-refractivity contribution >= 4 is 11.6 Å².